The fraction of sp³-hybridized carbons (Fsp3) is 0.381. The summed E-state index contributed by atoms with van der Waals surface area (Å²) in [7, 11) is 0. The first kappa shape index (κ1) is 21.9. The zero-order chi connectivity index (χ0) is 20.7. The summed E-state index contributed by atoms with van der Waals surface area (Å²) in [5.74, 6) is -0.979. The van der Waals surface area contributed by atoms with E-state index in [0.717, 1.165) is 36.3 Å². The molecule has 0 saturated carbocycles. The van der Waals surface area contributed by atoms with E-state index in [9.17, 15) is 18.0 Å². The highest BCUT2D eigenvalue weighted by molar-refractivity contribution is 5.87. The maximum Gasteiger partial charge on any atom is 0.416 e. The van der Waals surface area contributed by atoms with Crippen molar-refractivity contribution >= 4 is 5.97 Å². The van der Waals surface area contributed by atoms with Gasteiger partial charge in [-0.15, -0.1) is 0 Å². The van der Waals surface area contributed by atoms with Crippen molar-refractivity contribution in [2.45, 2.75) is 32.6 Å². The van der Waals surface area contributed by atoms with Crippen molar-refractivity contribution in [2.75, 3.05) is 19.6 Å². The van der Waals surface area contributed by atoms with Gasteiger partial charge in [-0.25, -0.2) is 4.79 Å². The predicted octanol–water partition coefficient (Wildman–Crippen LogP) is 4.58. The number of carboxylic acids is 1. The molecule has 2 rings (SSSR count). The molecule has 0 radical (unpaired) electrons. The molecule has 152 valence electrons. The first-order chi connectivity index (χ1) is 13.3. The maximum absolute atomic E-state index is 12.8. The zero-order valence-electron chi connectivity index (χ0n) is 16.0. The quantitative estimate of drug-likeness (QED) is 0.654. The molecule has 2 aromatic rings. The average Bonchev–Trinajstić information content (AvgIpc) is 2.67. The number of hydrogen-bond acceptors (Lipinski definition) is 3. The summed E-state index contributed by atoms with van der Waals surface area (Å²) in [6, 6.07) is 11.9. The highest BCUT2D eigenvalue weighted by Crippen LogP contribution is 2.30. The summed E-state index contributed by atoms with van der Waals surface area (Å²) in [5.41, 5.74) is 1.21. The monoisotopic (exact) mass is 394 g/mol. The fourth-order valence-corrected chi connectivity index (χ4v) is 3.18. The number of carbonyl (C=O) groups is 1. The molecule has 1 unspecified atom stereocenters. The molecule has 0 aromatic heterocycles. The van der Waals surface area contributed by atoms with E-state index in [1.807, 2.05) is 19.9 Å². The third kappa shape index (κ3) is 5.81. The van der Waals surface area contributed by atoms with Gasteiger partial charge >= 0.3 is 12.1 Å². The molecule has 0 aliphatic heterocycles. The molecular formula is C21H25F3N2O2. The lowest BCUT2D eigenvalue weighted by Gasteiger charge is -2.30. The van der Waals surface area contributed by atoms with Gasteiger partial charge in [0.05, 0.1) is 11.1 Å². The molecule has 0 heterocycles. The molecule has 0 saturated heterocycles. The summed E-state index contributed by atoms with van der Waals surface area (Å²) < 4.78 is 38.5. The van der Waals surface area contributed by atoms with Gasteiger partial charge in [-0.1, -0.05) is 38.1 Å². The van der Waals surface area contributed by atoms with Gasteiger partial charge in [0.2, 0.25) is 0 Å². The van der Waals surface area contributed by atoms with Gasteiger partial charge in [-0.2, -0.15) is 13.2 Å². The van der Waals surface area contributed by atoms with Crippen LogP contribution in [-0.4, -0.2) is 35.6 Å². The van der Waals surface area contributed by atoms with Crippen LogP contribution < -0.4 is 5.32 Å². The highest BCUT2D eigenvalue weighted by Gasteiger charge is 2.30. The van der Waals surface area contributed by atoms with Crippen molar-refractivity contribution in [3.05, 3.63) is 70.8 Å². The highest BCUT2D eigenvalue weighted by atomic mass is 19.4. The number of aromatic carboxylic acids is 1. The Balaban J connectivity index is 2.11. The van der Waals surface area contributed by atoms with Crippen LogP contribution in [0.1, 0.15) is 46.9 Å². The summed E-state index contributed by atoms with van der Waals surface area (Å²) in [5, 5.41) is 12.4. The normalized spacial score (nSPS) is 12.9. The number of halogens is 3. The Morgan fingerprint density at radius 2 is 1.75 bits per heavy atom. The second-order valence-electron chi connectivity index (χ2n) is 6.49. The van der Waals surface area contributed by atoms with Gasteiger partial charge < -0.3 is 10.4 Å². The number of likely N-dealkylation sites (N-methyl/N-ethyl adjacent to an activating group) is 1. The van der Waals surface area contributed by atoms with Crippen molar-refractivity contribution in [2.24, 2.45) is 0 Å². The first-order valence-corrected chi connectivity index (χ1v) is 9.20. The van der Waals surface area contributed by atoms with Crippen molar-refractivity contribution in [3.63, 3.8) is 0 Å². The van der Waals surface area contributed by atoms with Crippen molar-refractivity contribution in [1.82, 2.24) is 10.2 Å². The van der Waals surface area contributed by atoms with E-state index in [0.29, 0.717) is 13.1 Å². The number of alkyl halides is 3. The Labute approximate surface area is 163 Å². The second-order valence-corrected chi connectivity index (χ2v) is 6.49. The molecule has 0 bridgehead atoms. The third-order valence-corrected chi connectivity index (χ3v) is 4.72. The van der Waals surface area contributed by atoms with Gasteiger partial charge in [0.1, 0.15) is 0 Å². The van der Waals surface area contributed by atoms with E-state index in [-0.39, 0.29) is 11.6 Å². The zero-order valence-corrected chi connectivity index (χ0v) is 16.0. The minimum absolute atomic E-state index is 0.0834. The van der Waals surface area contributed by atoms with Crippen molar-refractivity contribution < 1.29 is 23.1 Å². The van der Waals surface area contributed by atoms with E-state index < -0.39 is 17.7 Å². The van der Waals surface area contributed by atoms with Crippen LogP contribution in [0.25, 0.3) is 0 Å². The topological polar surface area (TPSA) is 52.6 Å². The second kappa shape index (κ2) is 9.71. The van der Waals surface area contributed by atoms with Crippen LogP contribution in [0.2, 0.25) is 0 Å². The van der Waals surface area contributed by atoms with Crippen LogP contribution in [0.3, 0.4) is 0 Å². The lowest BCUT2D eigenvalue weighted by atomic mass is 10.0. The molecule has 0 aliphatic rings. The van der Waals surface area contributed by atoms with Crippen LogP contribution in [-0.2, 0) is 12.7 Å². The fourth-order valence-electron chi connectivity index (χ4n) is 3.18. The number of nitrogens with one attached hydrogen (secondary N) is 1. The predicted molar refractivity (Wildman–Crippen MR) is 102 cm³/mol. The molecule has 4 nitrogen and oxygen atoms in total. The summed E-state index contributed by atoms with van der Waals surface area (Å²) in [4.78, 5) is 13.2. The smallest absolute Gasteiger partial charge is 0.416 e. The minimum Gasteiger partial charge on any atom is -0.478 e. The van der Waals surface area contributed by atoms with Gasteiger partial charge in [0.25, 0.3) is 0 Å². The Hall–Kier alpha value is -2.38. The van der Waals surface area contributed by atoms with Crippen molar-refractivity contribution in [1.29, 1.82) is 0 Å². The Bertz CT molecular complexity index is 772. The SMILES string of the molecule is CCN(CC)C(CNCc1cccc(C(=O)O)c1)c1ccc(C(F)(F)F)cc1. The number of benzene rings is 2. The number of nitrogens with zero attached hydrogens (tertiary/aromatic N) is 1. The van der Waals surface area contributed by atoms with E-state index in [1.165, 1.54) is 18.2 Å². The van der Waals surface area contributed by atoms with E-state index in [2.05, 4.69) is 10.2 Å². The number of rotatable bonds is 9. The van der Waals surface area contributed by atoms with Crippen LogP contribution in [0.15, 0.2) is 48.5 Å². The van der Waals surface area contributed by atoms with E-state index in [4.69, 9.17) is 5.11 Å². The maximum atomic E-state index is 12.8. The molecule has 2 aromatic carbocycles. The lowest BCUT2D eigenvalue weighted by Crippen LogP contribution is -2.35. The van der Waals surface area contributed by atoms with Gasteiger partial charge in [0.15, 0.2) is 0 Å². The van der Waals surface area contributed by atoms with Crippen molar-refractivity contribution in [3.8, 4) is 0 Å². The molecule has 1 atom stereocenters. The Kier molecular flexibility index (Phi) is 7.60. The summed E-state index contributed by atoms with van der Waals surface area (Å²) >= 11 is 0. The molecule has 0 aliphatic carbocycles. The van der Waals surface area contributed by atoms with Gasteiger partial charge in [-0.3, -0.25) is 4.90 Å². The minimum atomic E-state index is -4.35. The van der Waals surface area contributed by atoms with Gasteiger partial charge in [0, 0.05) is 19.1 Å². The van der Waals surface area contributed by atoms with Crippen LogP contribution >= 0.6 is 0 Å². The summed E-state index contributed by atoms with van der Waals surface area (Å²) in [6.07, 6.45) is -4.35. The van der Waals surface area contributed by atoms with Gasteiger partial charge in [-0.05, 0) is 48.5 Å². The third-order valence-electron chi connectivity index (χ3n) is 4.72. The van der Waals surface area contributed by atoms with Crippen LogP contribution in [0.5, 0.6) is 0 Å². The Morgan fingerprint density at radius 3 is 2.29 bits per heavy atom. The molecular weight excluding hydrogens is 369 g/mol. The molecule has 28 heavy (non-hydrogen) atoms. The number of hydrogen-bond donors (Lipinski definition) is 2. The Morgan fingerprint density at radius 1 is 1.11 bits per heavy atom. The van der Waals surface area contributed by atoms with E-state index in [1.54, 1.807) is 12.1 Å². The average molecular weight is 394 g/mol. The molecule has 7 heteroatoms. The molecule has 2 N–H and O–H groups in total. The molecule has 0 amide bonds. The lowest BCUT2D eigenvalue weighted by molar-refractivity contribution is -0.137. The van der Waals surface area contributed by atoms with Crippen LogP contribution in [0, 0.1) is 0 Å². The molecule has 0 fully saturated rings. The van der Waals surface area contributed by atoms with E-state index >= 15 is 0 Å². The first-order valence-electron chi connectivity index (χ1n) is 9.20. The molecule has 0 spiro atoms. The number of carboxylic acid groups (broad SMARTS) is 1. The largest absolute Gasteiger partial charge is 0.478 e. The van der Waals surface area contributed by atoms with Crippen LogP contribution in [0.4, 0.5) is 13.2 Å². The standard InChI is InChI=1S/C21H25F3N2O2/c1-3-26(4-2)19(16-8-10-18(11-9-16)21(22,23)24)14-25-13-15-6-5-7-17(12-15)20(27)28/h5-12,19,25H,3-4,13-14H2,1-2H3,(H,27,28). The summed E-state index contributed by atoms with van der Waals surface area (Å²) in [6.45, 7) is 6.55.